The molecule has 0 heterocycles. The highest BCUT2D eigenvalue weighted by Gasteiger charge is 2.22. The van der Waals surface area contributed by atoms with Crippen molar-refractivity contribution in [2.45, 2.75) is 6.92 Å². The van der Waals surface area contributed by atoms with Crippen LogP contribution in [0, 0.1) is 0 Å². The van der Waals surface area contributed by atoms with Crippen molar-refractivity contribution in [2.75, 3.05) is 43.8 Å². The zero-order chi connectivity index (χ0) is 9.45. The highest BCUT2D eigenvalue weighted by atomic mass is 35.5. The van der Waals surface area contributed by atoms with Crippen LogP contribution in [0.3, 0.4) is 0 Å². The molecule has 0 fully saturated rings. The monoisotopic (exact) mass is 232 g/mol. The number of hydrogen-bond donors (Lipinski definition) is 0. The largest absolute Gasteiger partial charge is 0.321 e. The zero-order valence-corrected chi connectivity index (χ0v) is 9.80. The summed E-state index contributed by atoms with van der Waals surface area (Å²) in [5.74, 6) is 2.05. The molecule has 1 nitrogen and oxygen atoms in total. The fourth-order valence-corrected chi connectivity index (χ4v) is 2.42. The lowest BCUT2D eigenvalue weighted by atomic mass is 10.3. The van der Waals surface area contributed by atoms with E-state index in [1.165, 1.54) is 0 Å². The Morgan fingerprint density at radius 3 is 1.33 bits per heavy atom. The number of halogens is 3. The van der Waals surface area contributed by atoms with Crippen LogP contribution in [0.4, 0.5) is 0 Å². The maximum absolute atomic E-state index is 5.73. The molecule has 0 aromatic rings. The molecule has 0 spiro atoms. The van der Waals surface area contributed by atoms with Crippen LogP contribution in [-0.4, -0.2) is 48.3 Å². The summed E-state index contributed by atoms with van der Waals surface area (Å²) in [6, 6.07) is 0. The maximum atomic E-state index is 5.73. The molecule has 0 aliphatic rings. The molecule has 0 bridgehead atoms. The van der Waals surface area contributed by atoms with E-state index >= 15 is 0 Å². The molecule has 0 radical (unpaired) electrons. The van der Waals surface area contributed by atoms with Gasteiger partial charge in [0.2, 0.25) is 0 Å². The highest BCUT2D eigenvalue weighted by molar-refractivity contribution is 6.18. The van der Waals surface area contributed by atoms with Gasteiger partial charge in [-0.1, -0.05) is 0 Å². The molecule has 0 saturated carbocycles. The molecule has 0 amide bonds. The molecule has 0 atom stereocenters. The van der Waals surface area contributed by atoms with Gasteiger partial charge in [-0.25, -0.2) is 0 Å². The zero-order valence-electron chi connectivity index (χ0n) is 7.53. The summed E-state index contributed by atoms with van der Waals surface area (Å²) >= 11 is 17.2. The fourth-order valence-electron chi connectivity index (χ4n) is 1.35. The van der Waals surface area contributed by atoms with E-state index in [0.29, 0.717) is 17.6 Å². The van der Waals surface area contributed by atoms with Crippen LogP contribution in [-0.2, 0) is 0 Å². The third-order valence-corrected chi connectivity index (χ3v) is 2.85. The van der Waals surface area contributed by atoms with E-state index in [1.807, 2.05) is 0 Å². The SMILES string of the molecule is CC[N+](CCCl)(CCCl)CCCl. The Balaban J connectivity index is 4.06. The summed E-state index contributed by atoms with van der Waals surface area (Å²) < 4.78 is 0.955. The molecule has 0 N–H and O–H groups in total. The summed E-state index contributed by atoms with van der Waals surface area (Å²) in [4.78, 5) is 0. The normalized spacial score (nSPS) is 12.0. The first-order valence-electron chi connectivity index (χ1n) is 4.27. The van der Waals surface area contributed by atoms with Crippen LogP contribution in [0.2, 0.25) is 0 Å². The minimum atomic E-state index is 0.682. The molecule has 74 valence electrons. The minimum Gasteiger partial charge on any atom is -0.321 e. The summed E-state index contributed by atoms with van der Waals surface area (Å²) in [7, 11) is 0. The van der Waals surface area contributed by atoms with E-state index in [-0.39, 0.29) is 0 Å². The summed E-state index contributed by atoms with van der Waals surface area (Å²) in [6.45, 7) is 6.13. The summed E-state index contributed by atoms with van der Waals surface area (Å²) in [5.41, 5.74) is 0. The molecule has 0 aliphatic carbocycles. The van der Waals surface area contributed by atoms with Crippen LogP contribution >= 0.6 is 34.8 Å². The molecular formula is C8H17Cl3N+. The van der Waals surface area contributed by atoms with Crippen LogP contribution < -0.4 is 0 Å². The van der Waals surface area contributed by atoms with Crippen molar-refractivity contribution in [3.05, 3.63) is 0 Å². The molecule has 0 aliphatic heterocycles. The van der Waals surface area contributed by atoms with E-state index < -0.39 is 0 Å². The van der Waals surface area contributed by atoms with Crippen LogP contribution in [0.15, 0.2) is 0 Å². The van der Waals surface area contributed by atoms with Gasteiger partial charge >= 0.3 is 0 Å². The fraction of sp³-hybridized carbons (Fsp3) is 1.00. The van der Waals surface area contributed by atoms with Crippen molar-refractivity contribution >= 4 is 34.8 Å². The number of alkyl halides is 3. The predicted molar refractivity (Wildman–Crippen MR) is 57.6 cm³/mol. The first-order valence-corrected chi connectivity index (χ1v) is 5.88. The molecule has 0 aromatic carbocycles. The van der Waals surface area contributed by atoms with Crippen LogP contribution in [0.1, 0.15) is 6.92 Å². The van der Waals surface area contributed by atoms with Gasteiger partial charge in [0.15, 0.2) is 0 Å². The van der Waals surface area contributed by atoms with E-state index in [0.717, 1.165) is 30.7 Å². The lowest BCUT2D eigenvalue weighted by Gasteiger charge is -2.36. The van der Waals surface area contributed by atoms with Gasteiger partial charge in [-0.15, -0.1) is 34.8 Å². The second-order valence-electron chi connectivity index (χ2n) is 2.90. The Kier molecular flexibility index (Phi) is 7.76. The molecule has 4 heteroatoms. The summed E-state index contributed by atoms with van der Waals surface area (Å²) in [6.07, 6.45) is 0. The average Bonchev–Trinajstić information content (AvgIpc) is 2.06. The molecule has 0 rings (SSSR count). The Labute approximate surface area is 90.2 Å². The van der Waals surface area contributed by atoms with Crippen molar-refractivity contribution in [3.63, 3.8) is 0 Å². The molecule has 0 aromatic heterocycles. The van der Waals surface area contributed by atoms with Gasteiger partial charge in [0.1, 0.15) is 0 Å². The Morgan fingerprint density at radius 1 is 0.833 bits per heavy atom. The van der Waals surface area contributed by atoms with Gasteiger partial charge in [0, 0.05) is 0 Å². The van der Waals surface area contributed by atoms with Crippen molar-refractivity contribution in [2.24, 2.45) is 0 Å². The molecule has 0 unspecified atom stereocenters. The quantitative estimate of drug-likeness (QED) is 0.468. The first kappa shape index (κ1) is 12.8. The van der Waals surface area contributed by atoms with Crippen LogP contribution in [0.5, 0.6) is 0 Å². The van der Waals surface area contributed by atoms with Gasteiger partial charge < -0.3 is 4.48 Å². The van der Waals surface area contributed by atoms with Gasteiger partial charge in [-0.05, 0) is 6.92 Å². The average molecular weight is 234 g/mol. The topological polar surface area (TPSA) is 0 Å². The third-order valence-electron chi connectivity index (χ3n) is 2.35. The van der Waals surface area contributed by atoms with E-state index in [9.17, 15) is 0 Å². The minimum absolute atomic E-state index is 0.682. The lowest BCUT2D eigenvalue weighted by molar-refractivity contribution is -0.919. The number of nitrogens with zero attached hydrogens (tertiary/aromatic N) is 1. The van der Waals surface area contributed by atoms with E-state index in [4.69, 9.17) is 34.8 Å². The van der Waals surface area contributed by atoms with Crippen LogP contribution in [0.25, 0.3) is 0 Å². The first-order chi connectivity index (χ1) is 5.74. The smallest absolute Gasteiger partial charge is 0.0924 e. The number of hydrogen-bond acceptors (Lipinski definition) is 0. The van der Waals surface area contributed by atoms with Gasteiger partial charge in [-0.2, -0.15) is 0 Å². The number of rotatable bonds is 7. The number of quaternary nitrogens is 1. The Hall–Kier alpha value is 0.830. The van der Waals surface area contributed by atoms with Gasteiger partial charge in [-0.3, -0.25) is 0 Å². The Bertz CT molecular complexity index is 91.5. The Morgan fingerprint density at radius 2 is 1.17 bits per heavy atom. The van der Waals surface area contributed by atoms with Crippen molar-refractivity contribution in [3.8, 4) is 0 Å². The van der Waals surface area contributed by atoms with Crippen molar-refractivity contribution < 1.29 is 4.48 Å². The molecule has 12 heavy (non-hydrogen) atoms. The van der Waals surface area contributed by atoms with Crippen molar-refractivity contribution in [1.29, 1.82) is 0 Å². The van der Waals surface area contributed by atoms with Gasteiger partial charge in [0.25, 0.3) is 0 Å². The second kappa shape index (κ2) is 7.25. The highest BCUT2D eigenvalue weighted by Crippen LogP contribution is 2.08. The van der Waals surface area contributed by atoms with Gasteiger partial charge in [0.05, 0.1) is 43.8 Å². The standard InChI is InChI=1S/C8H17Cl3N/c1-2-12(6-3-9,7-4-10)8-5-11/h2-8H2,1H3/q+1. The van der Waals surface area contributed by atoms with E-state index in [2.05, 4.69) is 6.92 Å². The maximum Gasteiger partial charge on any atom is 0.0924 e. The predicted octanol–water partition coefficient (Wildman–Crippen LogP) is 2.54. The lowest BCUT2D eigenvalue weighted by Crippen LogP contribution is -2.51. The third kappa shape index (κ3) is 4.18. The summed E-state index contributed by atoms with van der Waals surface area (Å²) in [5, 5.41) is 0. The second-order valence-corrected chi connectivity index (χ2v) is 4.03. The molecule has 0 saturated heterocycles. The van der Waals surface area contributed by atoms with Crippen molar-refractivity contribution in [1.82, 2.24) is 0 Å². The van der Waals surface area contributed by atoms with E-state index in [1.54, 1.807) is 0 Å². The molecular weight excluding hydrogens is 216 g/mol.